The molecule has 6 nitrogen and oxygen atoms in total. The van der Waals surface area contributed by atoms with Crippen molar-refractivity contribution in [1.82, 2.24) is 4.98 Å². The lowest BCUT2D eigenvalue weighted by atomic mass is 10.0. The fourth-order valence-electron chi connectivity index (χ4n) is 3.82. The highest BCUT2D eigenvalue weighted by molar-refractivity contribution is 7.11. The molecule has 0 radical (unpaired) electrons. The quantitative estimate of drug-likeness (QED) is 0.175. The van der Waals surface area contributed by atoms with Crippen molar-refractivity contribution < 1.29 is 13.9 Å². The number of nitriles is 1. The zero-order chi connectivity index (χ0) is 23.7. The highest BCUT2D eigenvalue weighted by atomic mass is 32.1. The molecular weight excluding hydrogens is 448 g/mol. The van der Waals surface area contributed by atoms with Gasteiger partial charge in [-0.1, -0.05) is 30.3 Å². The maximum atomic E-state index is 12.8. The summed E-state index contributed by atoms with van der Waals surface area (Å²) in [5.41, 5.74) is 1.89. The maximum Gasteiger partial charge on any atom is 0.345 e. The highest BCUT2D eigenvalue weighted by Crippen LogP contribution is 2.32. The fourth-order valence-corrected chi connectivity index (χ4v) is 4.61. The van der Waals surface area contributed by atoms with E-state index in [2.05, 4.69) is 11.1 Å². The van der Waals surface area contributed by atoms with Crippen molar-refractivity contribution in [3.63, 3.8) is 0 Å². The van der Waals surface area contributed by atoms with Gasteiger partial charge >= 0.3 is 5.63 Å². The van der Waals surface area contributed by atoms with Crippen LogP contribution in [0.3, 0.4) is 0 Å². The number of rotatable bonds is 5. The van der Waals surface area contributed by atoms with Crippen LogP contribution in [0.15, 0.2) is 75.3 Å². The summed E-state index contributed by atoms with van der Waals surface area (Å²) in [4.78, 5) is 17.3. The number of methoxy groups -OCH3 is 2. The van der Waals surface area contributed by atoms with E-state index < -0.39 is 5.63 Å². The van der Waals surface area contributed by atoms with Gasteiger partial charge in [-0.25, -0.2) is 9.78 Å². The Hall–Kier alpha value is -4.41. The molecule has 2 heterocycles. The minimum Gasteiger partial charge on any atom is -0.497 e. The Morgan fingerprint density at radius 1 is 1.06 bits per heavy atom. The molecule has 7 heteroatoms. The summed E-state index contributed by atoms with van der Waals surface area (Å²) in [6, 6.07) is 21.0. The van der Waals surface area contributed by atoms with Crippen LogP contribution >= 0.6 is 11.3 Å². The smallest absolute Gasteiger partial charge is 0.345 e. The molecule has 0 spiro atoms. The molecule has 0 fully saturated rings. The van der Waals surface area contributed by atoms with E-state index in [9.17, 15) is 10.1 Å². The number of thiazole rings is 1. The van der Waals surface area contributed by atoms with Crippen molar-refractivity contribution in [3.8, 4) is 28.8 Å². The van der Waals surface area contributed by atoms with Crippen LogP contribution in [0.25, 0.3) is 44.6 Å². The Balaban J connectivity index is 1.60. The maximum absolute atomic E-state index is 12.8. The Morgan fingerprint density at radius 2 is 1.91 bits per heavy atom. The molecular formula is C27H18N2O4S. The van der Waals surface area contributed by atoms with Crippen molar-refractivity contribution in [2.75, 3.05) is 14.2 Å². The Labute approximate surface area is 198 Å². The number of fused-ring (bicyclic) bond motifs is 3. The molecule has 0 atom stereocenters. The lowest BCUT2D eigenvalue weighted by Crippen LogP contribution is -2.03. The first kappa shape index (κ1) is 21.4. The van der Waals surface area contributed by atoms with Crippen molar-refractivity contribution in [2.45, 2.75) is 0 Å². The van der Waals surface area contributed by atoms with E-state index in [0.717, 1.165) is 16.2 Å². The molecule has 0 N–H and O–H groups in total. The molecule has 2 aromatic heterocycles. The summed E-state index contributed by atoms with van der Waals surface area (Å²) in [6.07, 6.45) is 1.69. The summed E-state index contributed by atoms with van der Waals surface area (Å²) in [6.45, 7) is 0. The van der Waals surface area contributed by atoms with E-state index in [1.54, 1.807) is 49.9 Å². The predicted octanol–water partition coefficient (Wildman–Crippen LogP) is 6.15. The molecule has 0 bridgehead atoms. The van der Waals surface area contributed by atoms with Crippen LogP contribution in [0.5, 0.6) is 11.5 Å². The van der Waals surface area contributed by atoms with Gasteiger partial charge in [0.25, 0.3) is 0 Å². The third kappa shape index (κ3) is 3.81. The number of hydrogen-bond acceptors (Lipinski definition) is 7. The number of benzene rings is 3. The van der Waals surface area contributed by atoms with Crippen LogP contribution in [0, 0.1) is 11.3 Å². The molecule has 0 saturated heterocycles. The lowest BCUT2D eigenvalue weighted by molar-refractivity contribution is 0.402. The van der Waals surface area contributed by atoms with Crippen LogP contribution in [0.2, 0.25) is 0 Å². The second kappa shape index (κ2) is 8.85. The third-order valence-corrected chi connectivity index (χ3v) is 6.39. The zero-order valence-electron chi connectivity index (χ0n) is 18.4. The number of allylic oxidation sites excluding steroid dienone is 1. The van der Waals surface area contributed by atoms with Gasteiger partial charge in [0.1, 0.15) is 28.2 Å². The van der Waals surface area contributed by atoms with E-state index in [0.29, 0.717) is 44.5 Å². The van der Waals surface area contributed by atoms with Crippen molar-refractivity contribution in [2.24, 2.45) is 0 Å². The Bertz CT molecular complexity index is 1670. The third-order valence-electron chi connectivity index (χ3n) is 5.51. The molecule has 3 aromatic carbocycles. The summed E-state index contributed by atoms with van der Waals surface area (Å²) >= 11 is 1.28. The van der Waals surface area contributed by atoms with Gasteiger partial charge in [0.2, 0.25) is 0 Å². The molecule has 34 heavy (non-hydrogen) atoms. The van der Waals surface area contributed by atoms with Crippen molar-refractivity contribution in [1.29, 1.82) is 5.26 Å². The average molecular weight is 467 g/mol. The number of nitrogens with zero attached hydrogens (tertiary/aromatic N) is 2. The highest BCUT2D eigenvalue weighted by Gasteiger charge is 2.15. The summed E-state index contributed by atoms with van der Waals surface area (Å²) in [5, 5.41) is 14.9. The van der Waals surface area contributed by atoms with Gasteiger partial charge in [0, 0.05) is 16.3 Å². The van der Waals surface area contributed by atoms with Gasteiger partial charge < -0.3 is 13.9 Å². The van der Waals surface area contributed by atoms with Crippen LogP contribution in [0.1, 0.15) is 10.6 Å². The molecule has 5 aromatic rings. The summed E-state index contributed by atoms with van der Waals surface area (Å²) in [7, 11) is 3.14. The van der Waals surface area contributed by atoms with E-state index in [1.807, 2.05) is 36.4 Å². The monoisotopic (exact) mass is 466 g/mol. The second-order valence-electron chi connectivity index (χ2n) is 7.46. The second-order valence-corrected chi connectivity index (χ2v) is 8.32. The van der Waals surface area contributed by atoms with Crippen LogP contribution in [0.4, 0.5) is 0 Å². The van der Waals surface area contributed by atoms with Crippen LogP contribution in [-0.2, 0) is 0 Å². The van der Waals surface area contributed by atoms with Gasteiger partial charge in [0.15, 0.2) is 0 Å². The van der Waals surface area contributed by atoms with E-state index in [-0.39, 0.29) is 0 Å². The van der Waals surface area contributed by atoms with Gasteiger partial charge in [-0.05, 0) is 47.2 Å². The molecule has 0 amide bonds. The first-order chi connectivity index (χ1) is 16.6. The zero-order valence-corrected chi connectivity index (χ0v) is 19.2. The molecule has 0 unspecified atom stereocenters. The standard InChI is InChI=1S/C27H18N2O4S/c1-31-19-8-10-24(32-2)17(12-19)11-18(14-28)26-29-23(15-34-26)22-13-21-20-6-4-3-5-16(20)7-9-25(21)33-27(22)30/h3-13,15H,1-2H3. The van der Waals surface area contributed by atoms with Gasteiger partial charge in [-0.2, -0.15) is 5.26 Å². The topological polar surface area (TPSA) is 85.3 Å². The van der Waals surface area contributed by atoms with Crippen molar-refractivity contribution >= 4 is 44.7 Å². The minimum absolute atomic E-state index is 0.346. The van der Waals surface area contributed by atoms with Crippen LogP contribution < -0.4 is 15.1 Å². The largest absolute Gasteiger partial charge is 0.497 e. The molecule has 0 aliphatic rings. The molecule has 0 aliphatic heterocycles. The van der Waals surface area contributed by atoms with Crippen LogP contribution in [-0.4, -0.2) is 19.2 Å². The lowest BCUT2D eigenvalue weighted by Gasteiger charge is -2.07. The fraction of sp³-hybridized carbons (Fsp3) is 0.0741. The molecule has 0 saturated carbocycles. The Kier molecular flexibility index (Phi) is 5.58. The molecule has 166 valence electrons. The number of aromatic nitrogens is 1. The molecule has 5 rings (SSSR count). The average Bonchev–Trinajstić information content (AvgIpc) is 3.36. The summed E-state index contributed by atoms with van der Waals surface area (Å²) < 4.78 is 16.3. The normalized spacial score (nSPS) is 11.5. The van der Waals surface area contributed by atoms with Crippen molar-refractivity contribution in [3.05, 3.63) is 87.0 Å². The van der Waals surface area contributed by atoms with E-state index in [4.69, 9.17) is 13.9 Å². The first-order valence-corrected chi connectivity index (χ1v) is 11.2. The predicted molar refractivity (Wildman–Crippen MR) is 134 cm³/mol. The minimum atomic E-state index is -0.475. The molecule has 0 aliphatic carbocycles. The van der Waals surface area contributed by atoms with Gasteiger partial charge in [0.05, 0.1) is 31.1 Å². The Morgan fingerprint density at radius 3 is 2.71 bits per heavy atom. The van der Waals surface area contributed by atoms with E-state index in [1.165, 1.54) is 11.3 Å². The number of ether oxygens (including phenoxy) is 2. The summed E-state index contributed by atoms with van der Waals surface area (Å²) in [5.74, 6) is 1.25. The van der Waals surface area contributed by atoms with Gasteiger partial charge in [-0.3, -0.25) is 0 Å². The van der Waals surface area contributed by atoms with Gasteiger partial charge in [-0.15, -0.1) is 11.3 Å². The number of hydrogen-bond donors (Lipinski definition) is 0. The van der Waals surface area contributed by atoms with E-state index >= 15 is 0 Å². The first-order valence-electron chi connectivity index (χ1n) is 10.4. The SMILES string of the molecule is COc1ccc(OC)c(C=C(C#N)c2nc(-c3cc4c(ccc5ccccc54)oc3=O)cs2)c1.